The van der Waals surface area contributed by atoms with Gasteiger partial charge in [-0.1, -0.05) is 31.2 Å². The molecule has 3 atom stereocenters. The average molecular weight is 410 g/mol. The molecule has 0 bridgehead atoms. The first kappa shape index (κ1) is 20.4. The number of nitrogens with zero attached hydrogens (tertiary/aromatic N) is 2. The Morgan fingerprint density at radius 3 is 2.63 bits per heavy atom. The Hall–Kier alpha value is -2.89. The number of carbonyl (C=O) groups excluding carboxylic acids is 2. The SMILES string of the molecule is CCCOc1ccccc1C(=O)N1C[C@@H]2CN(C(C)=O)[C@@H](c3cccc(F)c3)[C@@H]2C1. The van der Waals surface area contributed by atoms with Gasteiger partial charge in [0.25, 0.3) is 5.91 Å². The standard InChI is InChI=1S/C24H27FN2O3/c1-3-11-30-22-10-5-4-9-20(22)24(29)26-13-18-14-27(16(2)28)23(21(18)15-26)17-7-6-8-19(25)12-17/h4-10,12,18,21,23H,3,11,13-15H2,1-2H3/t18-,21-,23+/m1/s1. The van der Waals surface area contributed by atoms with Crippen LogP contribution in [0.5, 0.6) is 5.75 Å². The van der Waals surface area contributed by atoms with Gasteiger partial charge in [0.2, 0.25) is 5.91 Å². The van der Waals surface area contributed by atoms with Gasteiger partial charge in [-0.2, -0.15) is 0 Å². The van der Waals surface area contributed by atoms with Crippen molar-refractivity contribution in [2.75, 3.05) is 26.2 Å². The molecule has 2 aliphatic heterocycles. The van der Waals surface area contributed by atoms with E-state index in [1.54, 1.807) is 19.1 Å². The minimum Gasteiger partial charge on any atom is -0.493 e. The monoisotopic (exact) mass is 410 g/mol. The van der Waals surface area contributed by atoms with Crippen molar-refractivity contribution in [3.05, 3.63) is 65.5 Å². The number of rotatable bonds is 5. The quantitative estimate of drug-likeness (QED) is 0.751. The zero-order valence-corrected chi connectivity index (χ0v) is 17.4. The van der Waals surface area contributed by atoms with E-state index in [0.29, 0.717) is 37.6 Å². The lowest BCUT2D eigenvalue weighted by atomic mass is 9.89. The number of ether oxygens (including phenoxy) is 1. The van der Waals surface area contributed by atoms with Crippen molar-refractivity contribution in [1.82, 2.24) is 9.80 Å². The van der Waals surface area contributed by atoms with Crippen LogP contribution in [0.3, 0.4) is 0 Å². The molecule has 0 aromatic heterocycles. The van der Waals surface area contributed by atoms with Crippen LogP contribution in [-0.2, 0) is 4.79 Å². The van der Waals surface area contributed by atoms with Crippen LogP contribution in [0.25, 0.3) is 0 Å². The second kappa shape index (κ2) is 8.46. The molecule has 0 aliphatic carbocycles. The minimum absolute atomic E-state index is 0.0187. The summed E-state index contributed by atoms with van der Waals surface area (Å²) >= 11 is 0. The Morgan fingerprint density at radius 1 is 1.10 bits per heavy atom. The molecule has 6 heteroatoms. The van der Waals surface area contributed by atoms with Crippen LogP contribution >= 0.6 is 0 Å². The molecule has 2 aromatic carbocycles. The fourth-order valence-electron chi connectivity index (χ4n) is 4.80. The van der Waals surface area contributed by atoms with Crippen molar-refractivity contribution in [1.29, 1.82) is 0 Å². The Kier molecular flexibility index (Phi) is 5.75. The van der Waals surface area contributed by atoms with Gasteiger partial charge >= 0.3 is 0 Å². The fourth-order valence-corrected chi connectivity index (χ4v) is 4.80. The largest absolute Gasteiger partial charge is 0.493 e. The number of likely N-dealkylation sites (tertiary alicyclic amines) is 2. The molecule has 0 N–H and O–H groups in total. The zero-order chi connectivity index (χ0) is 21.3. The molecule has 2 amide bonds. The number of benzene rings is 2. The molecule has 4 rings (SSSR count). The van der Waals surface area contributed by atoms with E-state index in [4.69, 9.17) is 4.74 Å². The van der Waals surface area contributed by atoms with Crippen LogP contribution in [0.2, 0.25) is 0 Å². The summed E-state index contributed by atoms with van der Waals surface area (Å²) in [6, 6.07) is 13.6. The van der Waals surface area contributed by atoms with E-state index in [2.05, 4.69) is 0 Å². The molecule has 2 heterocycles. The van der Waals surface area contributed by atoms with Gasteiger partial charge in [0, 0.05) is 38.4 Å². The second-order valence-electron chi connectivity index (χ2n) is 8.15. The number of amides is 2. The third-order valence-electron chi connectivity index (χ3n) is 6.13. The normalized spacial score (nSPS) is 22.8. The summed E-state index contributed by atoms with van der Waals surface area (Å²) in [6.45, 7) is 5.85. The first-order valence-electron chi connectivity index (χ1n) is 10.5. The molecule has 0 unspecified atom stereocenters. The van der Waals surface area contributed by atoms with Gasteiger partial charge in [-0.05, 0) is 36.2 Å². The molecule has 2 saturated heterocycles. The van der Waals surface area contributed by atoms with E-state index in [1.807, 2.05) is 41.0 Å². The topological polar surface area (TPSA) is 49.9 Å². The Labute approximate surface area is 176 Å². The van der Waals surface area contributed by atoms with Crippen LogP contribution in [-0.4, -0.2) is 47.9 Å². The smallest absolute Gasteiger partial charge is 0.257 e. The summed E-state index contributed by atoms with van der Waals surface area (Å²) in [5, 5.41) is 0. The van der Waals surface area contributed by atoms with Gasteiger partial charge in [-0.15, -0.1) is 0 Å². The first-order chi connectivity index (χ1) is 14.5. The molecule has 0 saturated carbocycles. The van der Waals surface area contributed by atoms with Crippen LogP contribution in [0, 0.1) is 17.7 Å². The zero-order valence-electron chi connectivity index (χ0n) is 17.4. The average Bonchev–Trinajstić information content (AvgIpc) is 3.30. The molecular formula is C24H27FN2O3. The molecular weight excluding hydrogens is 383 g/mol. The van der Waals surface area contributed by atoms with E-state index < -0.39 is 0 Å². The number of para-hydroxylation sites is 1. The number of carbonyl (C=O) groups is 2. The summed E-state index contributed by atoms with van der Waals surface area (Å²) in [4.78, 5) is 29.2. The maximum atomic E-state index is 13.9. The van der Waals surface area contributed by atoms with Gasteiger partial charge < -0.3 is 14.5 Å². The van der Waals surface area contributed by atoms with Gasteiger partial charge in [0.05, 0.1) is 18.2 Å². The van der Waals surface area contributed by atoms with Crippen molar-refractivity contribution in [2.24, 2.45) is 11.8 Å². The molecule has 0 spiro atoms. The maximum absolute atomic E-state index is 13.9. The van der Waals surface area contributed by atoms with E-state index in [1.165, 1.54) is 12.1 Å². The van der Waals surface area contributed by atoms with Crippen LogP contribution in [0.4, 0.5) is 4.39 Å². The molecule has 30 heavy (non-hydrogen) atoms. The summed E-state index contributed by atoms with van der Waals surface area (Å²) in [5.74, 6) is 0.484. The molecule has 5 nitrogen and oxygen atoms in total. The number of hydrogen-bond acceptors (Lipinski definition) is 3. The summed E-state index contributed by atoms with van der Waals surface area (Å²) < 4.78 is 19.7. The van der Waals surface area contributed by atoms with Crippen LogP contribution in [0.1, 0.15) is 42.2 Å². The Bertz CT molecular complexity index is 948. The summed E-state index contributed by atoms with van der Waals surface area (Å²) in [7, 11) is 0. The van der Waals surface area contributed by atoms with Crippen LogP contribution < -0.4 is 4.74 Å². The van der Waals surface area contributed by atoms with Crippen LogP contribution in [0.15, 0.2) is 48.5 Å². The number of halogens is 1. The predicted molar refractivity (Wildman–Crippen MR) is 112 cm³/mol. The highest BCUT2D eigenvalue weighted by Crippen LogP contribution is 2.45. The third kappa shape index (κ3) is 3.78. The summed E-state index contributed by atoms with van der Waals surface area (Å²) in [6.07, 6.45) is 0.868. The molecule has 158 valence electrons. The lowest BCUT2D eigenvalue weighted by molar-refractivity contribution is -0.130. The first-order valence-corrected chi connectivity index (χ1v) is 10.5. The lowest BCUT2D eigenvalue weighted by Crippen LogP contribution is -2.36. The molecule has 2 fully saturated rings. The van der Waals surface area contributed by atoms with E-state index in [-0.39, 0.29) is 35.5 Å². The van der Waals surface area contributed by atoms with Gasteiger partial charge in [-0.25, -0.2) is 4.39 Å². The van der Waals surface area contributed by atoms with E-state index >= 15 is 0 Å². The van der Waals surface area contributed by atoms with Crippen molar-refractivity contribution in [3.63, 3.8) is 0 Å². The lowest BCUT2D eigenvalue weighted by Gasteiger charge is -2.29. The van der Waals surface area contributed by atoms with Gasteiger partial charge in [0.15, 0.2) is 0 Å². The van der Waals surface area contributed by atoms with E-state index in [9.17, 15) is 14.0 Å². The number of hydrogen-bond donors (Lipinski definition) is 0. The second-order valence-corrected chi connectivity index (χ2v) is 8.15. The van der Waals surface area contributed by atoms with E-state index in [0.717, 1.165) is 12.0 Å². The predicted octanol–water partition coefficient (Wildman–Crippen LogP) is 3.91. The Morgan fingerprint density at radius 2 is 1.90 bits per heavy atom. The van der Waals surface area contributed by atoms with Crippen molar-refractivity contribution in [3.8, 4) is 5.75 Å². The molecule has 2 aromatic rings. The minimum atomic E-state index is -0.313. The van der Waals surface area contributed by atoms with Gasteiger partial charge in [0.1, 0.15) is 11.6 Å². The van der Waals surface area contributed by atoms with Crippen molar-refractivity contribution in [2.45, 2.75) is 26.3 Å². The third-order valence-corrected chi connectivity index (χ3v) is 6.13. The number of fused-ring (bicyclic) bond motifs is 1. The van der Waals surface area contributed by atoms with Crippen molar-refractivity contribution >= 4 is 11.8 Å². The molecule has 0 radical (unpaired) electrons. The maximum Gasteiger partial charge on any atom is 0.257 e. The highest BCUT2D eigenvalue weighted by Gasteiger charge is 2.49. The van der Waals surface area contributed by atoms with Crippen molar-refractivity contribution < 1.29 is 18.7 Å². The molecule has 2 aliphatic rings. The highest BCUT2D eigenvalue weighted by molar-refractivity contribution is 5.97. The summed E-state index contributed by atoms with van der Waals surface area (Å²) in [5.41, 5.74) is 1.36. The van der Waals surface area contributed by atoms with Gasteiger partial charge in [-0.3, -0.25) is 9.59 Å². The fraction of sp³-hybridized carbons (Fsp3) is 0.417. The highest BCUT2D eigenvalue weighted by atomic mass is 19.1. The Balaban J connectivity index is 1.58.